The van der Waals surface area contributed by atoms with E-state index in [1.54, 1.807) is 54.6 Å². The molecule has 0 aliphatic rings. The second-order valence-electron chi connectivity index (χ2n) is 8.55. The molecule has 0 saturated carbocycles. The van der Waals surface area contributed by atoms with Crippen LogP contribution >= 0.6 is 39.1 Å². The highest BCUT2D eigenvalue weighted by Crippen LogP contribution is 2.37. The number of hydrogen-bond acceptors (Lipinski definition) is 5. The van der Waals surface area contributed by atoms with Crippen LogP contribution in [0.5, 0.6) is 11.5 Å². The molecule has 200 valence electrons. The zero-order chi connectivity index (χ0) is 28.2. The first-order chi connectivity index (χ1) is 19.3. The maximum atomic E-state index is 13.3. The first-order valence-corrected chi connectivity index (χ1v) is 13.4. The molecule has 1 aromatic heterocycles. The first kappa shape index (κ1) is 27.5. The number of halogens is 3. The van der Waals surface area contributed by atoms with Crippen LogP contribution in [-0.2, 0) is 0 Å². The number of methoxy groups -OCH3 is 1. The fourth-order valence-corrected chi connectivity index (χ4v) is 5.05. The van der Waals surface area contributed by atoms with Gasteiger partial charge in [-0.05, 0) is 54.1 Å². The SMILES string of the molecule is COc1cccc(C(=O)Oc2ccc(Br)cc2C=NNC(=O)c2[nH]c3c(Cl)cc(Cl)cc3c2-c2ccccc2)c1. The van der Waals surface area contributed by atoms with Crippen LogP contribution in [0.4, 0.5) is 0 Å². The van der Waals surface area contributed by atoms with Crippen molar-refractivity contribution in [1.82, 2.24) is 10.4 Å². The summed E-state index contributed by atoms with van der Waals surface area (Å²) in [7, 11) is 1.52. The summed E-state index contributed by atoms with van der Waals surface area (Å²) in [5.41, 5.74) is 5.63. The molecule has 4 aromatic carbocycles. The molecule has 1 amide bonds. The molecule has 40 heavy (non-hydrogen) atoms. The first-order valence-electron chi connectivity index (χ1n) is 11.9. The predicted octanol–water partition coefficient (Wildman–Crippen LogP) is 7.90. The zero-order valence-electron chi connectivity index (χ0n) is 20.9. The van der Waals surface area contributed by atoms with Gasteiger partial charge in [-0.3, -0.25) is 4.79 Å². The molecule has 0 aliphatic carbocycles. The normalized spacial score (nSPS) is 11.1. The number of carbonyl (C=O) groups excluding carboxylic acids is 2. The van der Waals surface area contributed by atoms with Crippen LogP contribution in [0.1, 0.15) is 26.4 Å². The van der Waals surface area contributed by atoms with Gasteiger partial charge >= 0.3 is 5.97 Å². The molecule has 0 saturated heterocycles. The number of ether oxygens (including phenoxy) is 2. The zero-order valence-corrected chi connectivity index (χ0v) is 24.0. The highest BCUT2D eigenvalue weighted by atomic mass is 79.9. The number of H-pyrrole nitrogens is 1. The van der Waals surface area contributed by atoms with Crippen LogP contribution in [0, 0.1) is 0 Å². The fourth-order valence-electron chi connectivity index (χ4n) is 4.13. The van der Waals surface area contributed by atoms with Gasteiger partial charge in [0.2, 0.25) is 0 Å². The van der Waals surface area contributed by atoms with Gasteiger partial charge in [0, 0.05) is 26.0 Å². The number of fused-ring (bicyclic) bond motifs is 1. The third kappa shape index (κ3) is 5.89. The maximum absolute atomic E-state index is 13.3. The van der Waals surface area contributed by atoms with Gasteiger partial charge in [0.15, 0.2) is 0 Å². The van der Waals surface area contributed by atoms with E-state index in [0.717, 1.165) is 10.0 Å². The van der Waals surface area contributed by atoms with Crippen molar-refractivity contribution in [3.05, 3.63) is 116 Å². The van der Waals surface area contributed by atoms with Gasteiger partial charge in [0.25, 0.3) is 5.91 Å². The minimum Gasteiger partial charge on any atom is -0.497 e. The summed E-state index contributed by atoms with van der Waals surface area (Å²) in [5, 5.41) is 5.68. The van der Waals surface area contributed by atoms with Crippen molar-refractivity contribution in [2.75, 3.05) is 7.11 Å². The number of benzene rings is 4. The number of rotatable bonds is 7. The van der Waals surface area contributed by atoms with E-state index < -0.39 is 11.9 Å². The predicted molar refractivity (Wildman–Crippen MR) is 161 cm³/mol. The van der Waals surface area contributed by atoms with Crippen molar-refractivity contribution in [2.24, 2.45) is 5.10 Å². The molecule has 1 heterocycles. The number of nitrogens with zero attached hydrogens (tertiary/aromatic N) is 1. The number of aromatic amines is 1. The Hall–Kier alpha value is -4.11. The van der Waals surface area contributed by atoms with Gasteiger partial charge in [-0.15, -0.1) is 0 Å². The molecule has 0 spiro atoms. The summed E-state index contributed by atoms with van der Waals surface area (Å²) in [6.45, 7) is 0. The Labute approximate surface area is 247 Å². The van der Waals surface area contributed by atoms with E-state index in [-0.39, 0.29) is 11.4 Å². The largest absolute Gasteiger partial charge is 0.497 e. The van der Waals surface area contributed by atoms with E-state index in [0.29, 0.717) is 43.4 Å². The third-order valence-corrected chi connectivity index (χ3v) is 6.97. The van der Waals surface area contributed by atoms with Gasteiger partial charge in [-0.2, -0.15) is 5.10 Å². The molecule has 10 heteroatoms. The quantitative estimate of drug-likeness (QED) is 0.0822. The summed E-state index contributed by atoms with van der Waals surface area (Å²) in [5.74, 6) is -0.277. The van der Waals surface area contributed by atoms with Crippen LogP contribution in [0.2, 0.25) is 10.0 Å². The highest BCUT2D eigenvalue weighted by molar-refractivity contribution is 9.10. The molecule has 0 unspecified atom stereocenters. The lowest BCUT2D eigenvalue weighted by molar-refractivity contribution is 0.0733. The molecule has 5 rings (SSSR count). The van der Waals surface area contributed by atoms with Crippen molar-refractivity contribution >= 4 is 68.1 Å². The highest BCUT2D eigenvalue weighted by Gasteiger charge is 2.21. The third-order valence-electron chi connectivity index (χ3n) is 5.96. The van der Waals surface area contributed by atoms with Crippen molar-refractivity contribution < 1.29 is 19.1 Å². The Morgan fingerprint density at radius 1 is 0.975 bits per heavy atom. The number of esters is 1. The van der Waals surface area contributed by atoms with Crippen molar-refractivity contribution in [3.8, 4) is 22.6 Å². The average molecular weight is 637 g/mol. The number of aromatic nitrogens is 1. The number of hydrazone groups is 1. The monoisotopic (exact) mass is 635 g/mol. The summed E-state index contributed by atoms with van der Waals surface area (Å²) >= 11 is 16.1. The lowest BCUT2D eigenvalue weighted by Crippen LogP contribution is -2.19. The Morgan fingerprint density at radius 3 is 2.55 bits per heavy atom. The Kier molecular flexibility index (Phi) is 8.21. The molecule has 7 nitrogen and oxygen atoms in total. The van der Waals surface area contributed by atoms with Gasteiger partial charge in [-0.1, -0.05) is 75.5 Å². The number of carbonyl (C=O) groups is 2. The topological polar surface area (TPSA) is 92.8 Å². The fraction of sp³-hybridized carbons (Fsp3) is 0.0333. The molecule has 0 radical (unpaired) electrons. The second kappa shape index (κ2) is 12.0. The Morgan fingerprint density at radius 2 is 1.77 bits per heavy atom. The second-order valence-corrected chi connectivity index (χ2v) is 10.3. The number of nitrogens with one attached hydrogen (secondary N) is 2. The maximum Gasteiger partial charge on any atom is 0.343 e. The van der Waals surface area contributed by atoms with Crippen LogP contribution in [0.25, 0.3) is 22.0 Å². The molecular formula is C30H20BrCl2N3O4. The van der Waals surface area contributed by atoms with Gasteiger partial charge in [-0.25, -0.2) is 10.2 Å². The molecule has 0 bridgehead atoms. The van der Waals surface area contributed by atoms with Crippen molar-refractivity contribution in [2.45, 2.75) is 0 Å². The van der Waals surface area contributed by atoms with Gasteiger partial charge in [0.1, 0.15) is 17.2 Å². The standard InChI is InChI=1S/C30H20BrCl2N3O4/c1-39-22-9-5-8-18(13-22)30(38)40-25-11-10-20(31)12-19(25)16-34-36-29(37)28-26(17-6-3-2-4-7-17)23-14-21(32)15-24(33)27(23)35-28/h2-16,35H,1H3,(H,36,37). The van der Waals surface area contributed by atoms with E-state index in [1.807, 2.05) is 30.3 Å². The minimum atomic E-state index is -0.568. The van der Waals surface area contributed by atoms with E-state index in [1.165, 1.54) is 13.3 Å². The summed E-state index contributed by atoms with van der Waals surface area (Å²) in [6.07, 6.45) is 1.39. The van der Waals surface area contributed by atoms with Crippen molar-refractivity contribution in [3.63, 3.8) is 0 Å². The molecule has 5 aromatic rings. The van der Waals surface area contributed by atoms with E-state index in [4.69, 9.17) is 32.7 Å². The summed E-state index contributed by atoms with van der Waals surface area (Å²) in [6, 6.07) is 24.5. The molecule has 0 atom stereocenters. The van der Waals surface area contributed by atoms with Crippen molar-refractivity contribution in [1.29, 1.82) is 0 Å². The Bertz CT molecular complexity index is 1770. The molecule has 0 aliphatic heterocycles. The molecular weight excluding hydrogens is 617 g/mol. The van der Waals surface area contributed by atoms with E-state index in [9.17, 15) is 9.59 Å². The Balaban J connectivity index is 1.42. The van der Waals surface area contributed by atoms with Crippen LogP contribution in [0.3, 0.4) is 0 Å². The lowest BCUT2D eigenvalue weighted by atomic mass is 10.0. The summed E-state index contributed by atoms with van der Waals surface area (Å²) < 4.78 is 11.5. The van der Waals surface area contributed by atoms with Crippen LogP contribution in [0.15, 0.2) is 94.5 Å². The van der Waals surface area contributed by atoms with E-state index in [2.05, 4.69) is 31.4 Å². The lowest BCUT2D eigenvalue weighted by Gasteiger charge is -2.09. The van der Waals surface area contributed by atoms with Gasteiger partial charge in [0.05, 0.1) is 29.4 Å². The number of hydrogen-bond donors (Lipinski definition) is 2. The number of amides is 1. The van der Waals surface area contributed by atoms with Crippen LogP contribution in [-0.4, -0.2) is 30.2 Å². The molecule has 0 fully saturated rings. The van der Waals surface area contributed by atoms with E-state index >= 15 is 0 Å². The minimum absolute atomic E-state index is 0.256. The smallest absolute Gasteiger partial charge is 0.343 e. The average Bonchev–Trinajstić information content (AvgIpc) is 3.34. The van der Waals surface area contributed by atoms with Crippen LogP contribution < -0.4 is 14.9 Å². The molecule has 2 N–H and O–H groups in total. The summed E-state index contributed by atoms with van der Waals surface area (Å²) in [4.78, 5) is 29.2. The van der Waals surface area contributed by atoms with Gasteiger partial charge < -0.3 is 14.5 Å².